The molecular formula is C16H42N2O4. The summed E-state index contributed by atoms with van der Waals surface area (Å²) in [4.78, 5) is 0. The maximum Gasteiger partial charge on any atom is 0.102 e. The topological polar surface area (TPSA) is 100 Å². The van der Waals surface area contributed by atoms with Crippen molar-refractivity contribution in [3.63, 3.8) is 0 Å². The van der Waals surface area contributed by atoms with E-state index in [9.17, 15) is 0 Å². The Labute approximate surface area is 138 Å². The molecular weight excluding hydrogens is 284 g/mol. The highest BCUT2D eigenvalue weighted by molar-refractivity contribution is 4.36. The lowest BCUT2D eigenvalue weighted by atomic mass is 10.3. The van der Waals surface area contributed by atoms with E-state index < -0.39 is 0 Å². The molecule has 0 aromatic heterocycles. The van der Waals surface area contributed by atoms with E-state index in [4.69, 9.17) is 10.2 Å². The average molecular weight is 327 g/mol. The van der Waals surface area contributed by atoms with Gasteiger partial charge in [0.1, 0.15) is 13.1 Å². The van der Waals surface area contributed by atoms with Crippen LogP contribution >= 0.6 is 0 Å². The Balaban J connectivity index is -0.000000135. The molecule has 0 aromatic carbocycles. The predicted molar refractivity (Wildman–Crippen MR) is 91.5 cm³/mol. The van der Waals surface area contributed by atoms with Gasteiger partial charge in [0.05, 0.1) is 52.5 Å². The number of aliphatic hydroxyl groups excluding tert-OH is 2. The van der Waals surface area contributed by atoms with Crippen LogP contribution in [0.1, 0.15) is 41.5 Å². The summed E-state index contributed by atoms with van der Waals surface area (Å²) < 4.78 is 2.10. The van der Waals surface area contributed by atoms with Crippen LogP contribution in [0.5, 0.6) is 0 Å². The predicted octanol–water partition coefficient (Wildman–Crippen LogP) is 1.36. The van der Waals surface area contributed by atoms with Crippen LogP contribution in [0.25, 0.3) is 0 Å². The molecule has 0 aliphatic heterocycles. The van der Waals surface area contributed by atoms with Crippen molar-refractivity contribution >= 4 is 0 Å². The highest BCUT2D eigenvalue weighted by Crippen LogP contribution is 2.04. The first-order chi connectivity index (χ1) is 9.49. The van der Waals surface area contributed by atoms with Gasteiger partial charge in [-0.15, -0.1) is 0 Å². The van der Waals surface area contributed by atoms with Gasteiger partial charge < -0.3 is 30.1 Å². The molecule has 140 valence electrons. The first-order valence-electron chi connectivity index (χ1n) is 8.40. The minimum Gasteiger partial charge on any atom is -0.870 e. The fourth-order valence-electron chi connectivity index (χ4n) is 2.71. The second-order valence-electron chi connectivity index (χ2n) is 5.48. The minimum absolute atomic E-state index is 0. The fourth-order valence-corrected chi connectivity index (χ4v) is 2.71. The summed E-state index contributed by atoms with van der Waals surface area (Å²) in [5.74, 6) is 0. The summed E-state index contributed by atoms with van der Waals surface area (Å²) in [5, 5.41) is 17.6. The second-order valence-corrected chi connectivity index (χ2v) is 5.48. The van der Waals surface area contributed by atoms with Crippen LogP contribution in [0.15, 0.2) is 0 Å². The Bertz CT molecular complexity index is 170. The highest BCUT2D eigenvalue weighted by Gasteiger charge is 2.19. The fraction of sp³-hybridized carbons (Fsp3) is 1.00. The lowest BCUT2D eigenvalue weighted by Crippen LogP contribution is -2.49. The lowest BCUT2D eigenvalue weighted by Gasteiger charge is -2.34. The van der Waals surface area contributed by atoms with Crippen LogP contribution in [0, 0.1) is 0 Å². The maximum absolute atomic E-state index is 8.78. The van der Waals surface area contributed by atoms with Crippen molar-refractivity contribution in [3.05, 3.63) is 0 Å². The number of aliphatic hydroxyl groups is 2. The number of rotatable bonds is 10. The van der Waals surface area contributed by atoms with Crippen molar-refractivity contribution in [1.82, 2.24) is 0 Å². The summed E-state index contributed by atoms with van der Waals surface area (Å²) in [7, 11) is 0. The van der Waals surface area contributed by atoms with Gasteiger partial charge in [0.15, 0.2) is 0 Å². The number of nitrogens with zero attached hydrogens (tertiary/aromatic N) is 2. The Morgan fingerprint density at radius 2 is 0.682 bits per heavy atom. The van der Waals surface area contributed by atoms with Crippen LogP contribution in [-0.2, 0) is 0 Å². The van der Waals surface area contributed by atoms with Gasteiger partial charge in [-0.3, -0.25) is 0 Å². The summed E-state index contributed by atoms with van der Waals surface area (Å²) >= 11 is 0. The normalized spacial score (nSPS) is 10.9. The molecule has 0 unspecified atom stereocenters. The zero-order chi connectivity index (χ0) is 16.1. The van der Waals surface area contributed by atoms with Gasteiger partial charge in [-0.2, -0.15) is 0 Å². The molecule has 0 amide bonds. The minimum atomic E-state index is 0. The van der Waals surface area contributed by atoms with Crippen LogP contribution in [-0.4, -0.2) is 95.7 Å². The van der Waals surface area contributed by atoms with Gasteiger partial charge in [-0.25, -0.2) is 0 Å². The van der Waals surface area contributed by atoms with E-state index in [0.29, 0.717) is 13.2 Å². The van der Waals surface area contributed by atoms with E-state index in [0.717, 1.165) is 61.3 Å². The number of quaternary nitrogens is 2. The Hall–Kier alpha value is -0.240. The Morgan fingerprint density at radius 1 is 0.500 bits per heavy atom. The molecule has 0 saturated heterocycles. The number of hydrogen-bond donors (Lipinski definition) is 2. The molecule has 0 aliphatic carbocycles. The summed E-state index contributed by atoms with van der Waals surface area (Å²) in [6.45, 7) is 22.3. The van der Waals surface area contributed by atoms with Gasteiger partial charge in [0.25, 0.3) is 0 Å². The van der Waals surface area contributed by atoms with Crippen LogP contribution in [0.4, 0.5) is 0 Å². The van der Waals surface area contributed by atoms with Crippen molar-refractivity contribution in [1.29, 1.82) is 0 Å². The molecule has 0 heterocycles. The van der Waals surface area contributed by atoms with Crippen LogP contribution in [0.3, 0.4) is 0 Å². The molecule has 6 nitrogen and oxygen atoms in total. The lowest BCUT2D eigenvalue weighted by molar-refractivity contribution is -0.923. The quantitative estimate of drug-likeness (QED) is 0.592. The zero-order valence-electron chi connectivity index (χ0n) is 15.8. The van der Waals surface area contributed by atoms with Gasteiger partial charge >= 0.3 is 0 Å². The molecule has 0 aromatic rings. The van der Waals surface area contributed by atoms with Crippen LogP contribution in [0.2, 0.25) is 0 Å². The van der Waals surface area contributed by atoms with Gasteiger partial charge in [-0.1, -0.05) is 0 Å². The molecule has 0 rings (SSSR count). The van der Waals surface area contributed by atoms with E-state index in [2.05, 4.69) is 41.5 Å². The van der Waals surface area contributed by atoms with Crippen LogP contribution < -0.4 is 0 Å². The van der Waals surface area contributed by atoms with Crippen molar-refractivity contribution in [2.45, 2.75) is 41.5 Å². The Kier molecular flexibility index (Phi) is 23.1. The van der Waals surface area contributed by atoms with E-state index >= 15 is 0 Å². The molecule has 0 atom stereocenters. The largest absolute Gasteiger partial charge is 0.870 e. The third-order valence-corrected chi connectivity index (χ3v) is 5.17. The molecule has 6 heteroatoms. The third-order valence-electron chi connectivity index (χ3n) is 5.17. The molecule has 0 fully saturated rings. The molecule has 4 N–H and O–H groups in total. The SMILES string of the molecule is CC[N+](CC)(CC)CCO.CC[N+](CC)(CC)CCO.[OH-].[OH-]. The van der Waals surface area contributed by atoms with Crippen molar-refractivity contribution < 1.29 is 30.1 Å². The Morgan fingerprint density at radius 3 is 0.727 bits per heavy atom. The molecule has 0 saturated carbocycles. The van der Waals surface area contributed by atoms with Gasteiger partial charge in [0.2, 0.25) is 0 Å². The van der Waals surface area contributed by atoms with E-state index in [1.807, 2.05) is 0 Å². The molecule has 0 bridgehead atoms. The summed E-state index contributed by atoms with van der Waals surface area (Å²) in [5.41, 5.74) is 0. The first kappa shape index (κ1) is 29.7. The standard InChI is InChI=1S/2C8H20NO.2H2O/c2*1-4-9(5-2,6-3)7-8-10;;/h2*10H,4-8H2,1-3H3;2*1H2/q2*+1;;/p-2. The van der Waals surface area contributed by atoms with Crippen molar-refractivity contribution in [3.8, 4) is 0 Å². The second kappa shape index (κ2) is 17.1. The molecule has 0 radical (unpaired) electrons. The van der Waals surface area contributed by atoms with Gasteiger partial charge in [-0.05, 0) is 41.5 Å². The monoisotopic (exact) mass is 326 g/mol. The average Bonchev–Trinajstić information content (AvgIpc) is 2.51. The van der Waals surface area contributed by atoms with E-state index in [1.54, 1.807) is 0 Å². The maximum atomic E-state index is 8.78. The molecule has 0 spiro atoms. The highest BCUT2D eigenvalue weighted by atomic mass is 16.3. The van der Waals surface area contributed by atoms with E-state index in [-0.39, 0.29) is 11.0 Å². The van der Waals surface area contributed by atoms with Crippen molar-refractivity contribution in [2.75, 3.05) is 65.6 Å². The van der Waals surface area contributed by atoms with Crippen molar-refractivity contribution in [2.24, 2.45) is 0 Å². The molecule has 22 heavy (non-hydrogen) atoms. The third kappa shape index (κ3) is 10.5. The zero-order valence-corrected chi connectivity index (χ0v) is 15.8. The smallest absolute Gasteiger partial charge is 0.102 e. The number of hydrogen-bond acceptors (Lipinski definition) is 4. The van der Waals surface area contributed by atoms with Gasteiger partial charge in [0, 0.05) is 0 Å². The molecule has 0 aliphatic rings. The number of likely N-dealkylation sites (N-methyl/N-ethyl adjacent to an activating group) is 2. The van der Waals surface area contributed by atoms with E-state index in [1.165, 1.54) is 0 Å². The summed E-state index contributed by atoms with van der Waals surface area (Å²) in [6.07, 6.45) is 0. The first-order valence-corrected chi connectivity index (χ1v) is 8.40. The summed E-state index contributed by atoms with van der Waals surface area (Å²) in [6, 6.07) is 0.